The number of carbonyl (C=O) groups is 3. The average Bonchev–Trinajstić information content (AvgIpc) is 3.40. The Morgan fingerprint density at radius 1 is 1.13 bits per heavy atom. The quantitative estimate of drug-likeness (QED) is 0.735. The molecule has 2 aliphatic heterocycles. The second-order valence-corrected chi connectivity index (χ2v) is 7.15. The molecule has 2 heterocycles. The van der Waals surface area contributed by atoms with E-state index in [-0.39, 0.29) is 19.2 Å². The van der Waals surface area contributed by atoms with E-state index in [1.165, 1.54) is 6.92 Å². The van der Waals surface area contributed by atoms with E-state index in [0.29, 0.717) is 30.0 Å². The van der Waals surface area contributed by atoms with Crippen molar-refractivity contribution < 1.29 is 28.6 Å². The lowest BCUT2D eigenvalue weighted by Crippen LogP contribution is -2.35. The smallest absolute Gasteiger partial charge is 0.338 e. The van der Waals surface area contributed by atoms with Crippen LogP contribution in [0.15, 0.2) is 42.5 Å². The Bertz CT molecular complexity index is 972. The maximum atomic E-state index is 12.3. The predicted octanol–water partition coefficient (Wildman–Crippen LogP) is 2.40. The summed E-state index contributed by atoms with van der Waals surface area (Å²) < 4.78 is 15.8. The van der Waals surface area contributed by atoms with Crippen LogP contribution in [0.3, 0.4) is 0 Å². The van der Waals surface area contributed by atoms with Gasteiger partial charge in [0.25, 0.3) is 5.91 Å². The largest absolute Gasteiger partial charge is 0.454 e. The number of nitrogens with one attached hydrogen (secondary N) is 1. The highest BCUT2D eigenvalue weighted by Gasteiger charge is 2.23. The lowest BCUT2D eigenvalue weighted by molar-refractivity contribution is -0.129. The van der Waals surface area contributed by atoms with Crippen LogP contribution in [0.2, 0.25) is 0 Å². The molecule has 0 unspecified atom stereocenters. The minimum Gasteiger partial charge on any atom is -0.454 e. The van der Waals surface area contributed by atoms with Crippen molar-refractivity contribution in [2.45, 2.75) is 32.4 Å². The molecule has 0 radical (unpaired) electrons. The average molecular weight is 410 g/mol. The van der Waals surface area contributed by atoms with E-state index in [0.717, 1.165) is 17.7 Å². The lowest BCUT2D eigenvalue weighted by Gasteiger charge is -2.16. The van der Waals surface area contributed by atoms with E-state index in [1.807, 2.05) is 6.07 Å². The van der Waals surface area contributed by atoms with Crippen LogP contribution >= 0.6 is 0 Å². The summed E-state index contributed by atoms with van der Waals surface area (Å²) in [7, 11) is 0. The summed E-state index contributed by atoms with van der Waals surface area (Å²) in [5.41, 5.74) is 1.92. The molecule has 0 spiro atoms. The van der Waals surface area contributed by atoms with Crippen molar-refractivity contribution in [1.29, 1.82) is 0 Å². The fraction of sp³-hybridized carbons (Fsp3) is 0.318. The minimum atomic E-state index is -0.952. The van der Waals surface area contributed by atoms with Gasteiger partial charge in [-0.2, -0.15) is 0 Å². The van der Waals surface area contributed by atoms with Gasteiger partial charge in [0.05, 0.1) is 5.56 Å². The molecule has 2 aromatic carbocycles. The number of amides is 2. The van der Waals surface area contributed by atoms with Crippen LogP contribution in [0, 0.1) is 0 Å². The number of anilines is 1. The number of benzene rings is 2. The summed E-state index contributed by atoms with van der Waals surface area (Å²) in [6.07, 6.45) is 0.427. The summed E-state index contributed by atoms with van der Waals surface area (Å²) >= 11 is 0. The summed E-state index contributed by atoms with van der Waals surface area (Å²) in [6, 6.07) is 12.0. The van der Waals surface area contributed by atoms with Gasteiger partial charge >= 0.3 is 5.97 Å². The molecular formula is C22H22N2O6. The number of fused-ring (bicyclic) bond motifs is 1. The fourth-order valence-corrected chi connectivity index (χ4v) is 3.36. The highest BCUT2D eigenvalue weighted by atomic mass is 16.7. The van der Waals surface area contributed by atoms with Crippen molar-refractivity contribution in [3.63, 3.8) is 0 Å². The zero-order chi connectivity index (χ0) is 21.1. The predicted molar refractivity (Wildman–Crippen MR) is 107 cm³/mol. The van der Waals surface area contributed by atoms with Crippen LogP contribution in [0.5, 0.6) is 11.5 Å². The van der Waals surface area contributed by atoms with Gasteiger partial charge in [0.15, 0.2) is 17.6 Å². The lowest BCUT2D eigenvalue weighted by atomic mass is 10.2. The molecular weight excluding hydrogens is 388 g/mol. The molecule has 0 bridgehead atoms. The molecule has 2 aliphatic rings. The van der Waals surface area contributed by atoms with Gasteiger partial charge in [-0.05, 0) is 55.3 Å². The summed E-state index contributed by atoms with van der Waals surface area (Å²) in [5, 5.41) is 2.74. The second-order valence-electron chi connectivity index (χ2n) is 7.15. The van der Waals surface area contributed by atoms with Crippen LogP contribution in [-0.4, -0.2) is 37.2 Å². The Morgan fingerprint density at radius 2 is 1.90 bits per heavy atom. The Kier molecular flexibility index (Phi) is 5.56. The number of carbonyl (C=O) groups excluding carboxylic acids is 3. The van der Waals surface area contributed by atoms with E-state index in [4.69, 9.17) is 14.2 Å². The fourth-order valence-electron chi connectivity index (χ4n) is 3.36. The van der Waals surface area contributed by atoms with Gasteiger partial charge in [-0.25, -0.2) is 4.79 Å². The Morgan fingerprint density at radius 3 is 2.63 bits per heavy atom. The molecule has 1 fully saturated rings. The number of rotatable bonds is 6. The Labute approximate surface area is 173 Å². The monoisotopic (exact) mass is 410 g/mol. The third-order valence-corrected chi connectivity index (χ3v) is 5.04. The summed E-state index contributed by atoms with van der Waals surface area (Å²) in [4.78, 5) is 38.1. The van der Waals surface area contributed by atoms with Gasteiger partial charge in [0, 0.05) is 25.2 Å². The molecule has 4 rings (SSSR count). The van der Waals surface area contributed by atoms with Gasteiger partial charge in [-0.15, -0.1) is 0 Å². The number of hydrogen-bond acceptors (Lipinski definition) is 6. The first-order valence-electron chi connectivity index (χ1n) is 9.79. The molecule has 1 N–H and O–H groups in total. The van der Waals surface area contributed by atoms with Gasteiger partial charge in [0.1, 0.15) is 0 Å². The van der Waals surface area contributed by atoms with Crippen molar-refractivity contribution in [3.8, 4) is 11.5 Å². The van der Waals surface area contributed by atoms with E-state index in [2.05, 4.69) is 5.32 Å². The zero-order valence-corrected chi connectivity index (χ0v) is 16.6. The molecule has 2 aromatic rings. The summed E-state index contributed by atoms with van der Waals surface area (Å²) in [5.74, 6) is 0.395. The second kappa shape index (κ2) is 8.44. The molecule has 8 nitrogen and oxygen atoms in total. The normalized spacial score (nSPS) is 15.8. The highest BCUT2D eigenvalue weighted by molar-refractivity contribution is 5.96. The van der Waals surface area contributed by atoms with E-state index >= 15 is 0 Å². The van der Waals surface area contributed by atoms with Crippen LogP contribution in [0.1, 0.15) is 35.7 Å². The standard InChI is InChI=1S/C22H22N2O6/c1-14(21(26)23-12-15-4-9-18-19(11-15)29-13-28-18)30-22(27)16-5-7-17(8-6-16)24-10-2-3-20(24)25/h4-9,11,14H,2-3,10,12-13H2,1H3,(H,23,26)/t14-/m1/s1. The van der Waals surface area contributed by atoms with Crippen molar-refractivity contribution in [3.05, 3.63) is 53.6 Å². The number of hydrogen-bond donors (Lipinski definition) is 1. The maximum absolute atomic E-state index is 12.3. The first-order valence-corrected chi connectivity index (χ1v) is 9.79. The third kappa shape index (κ3) is 4.22. The van der Waals surface area contributed by atoms with Gasteiger partial charge in [-0.1, -0.05) is 6.07 Å². The molecule has 0 saturated carbocycles. The molecule has 1 saturated heterocycles. The molecule has 0 aliphatic carbocycles. The van der Waals surface area contributed by atoms with Crippen molar-refractivity contribution in [2.75, 3.05) is 18.2 Å². The van der Waals surface area contributed by atoms with Crippen LogP contribution in [0.4, 0.5) is 5.69 Å². The van der Waals surface area contributed by atoms with Crippen LogP contribution in [0.25, 0.3) is 0 Å². The molecule has 2 amide bonds. The Balaban J connectivity index is 1.29. The molecule has 30 heavy (non-hydrogen) atoms. The van der Waals surface area contributed by atoms with E-state index in [9.17, 15) is 14.4 Å². The van der Waals surface area contributed by atoms with Crippen molar-refractivity contribution >= 4 is 23.5 Å². The van der Waals surface area contributed by atoms with Gasteiger partial charge in [0.2, 0.25) is 12.7 Å². The van der Waals surface area contributed by atoms with Crippen LogP contribution in [-0.2, 0) is 20.9 Å². The van der Waals surface area contributed by atoms with E-state index in [1.54, 1.807) is 41.3 Å². The first kappa shape index (κ1) is 19.8. The van der Waals surface area contributed by atoms with E-state index < -0.39 is 18.0 Å². The number of esters is 1. The maximum Gasteiger partial charge on any atom is 0.338 e. The Hall–Kier alpha value is -3.55. The van der Waals surface area contributed by atoms with Crippen LogP contribution < -0.4 is 19.7 Å². The highest BCUT2D eigenvalue weighted by Crippen LogP contribution is 2.32. The number of nitrogens with zero attached hydrogens (tertiary/aromatic N) is 1. The van der Waals surface area contributed by atoms with Crippen molar-refractivity contribution in [1.82, 2.24) is 5.32 Å². The zero-order valence-electron chi connectivity index (χ0n) is 16.6. The summed E-state index contributed by atoms with van der Waals surface area (Å²) in [6.45, 7) is 2.66. The SMILES string of the molecule is C[C@@H](OC(=O)c1ccc(N2CCCC2=O)cc1)C(=O)NCc1ccc2c(c1)OCO2. The minimum absolute atomic E-state index is 0.0816. The molecule has 156 valence electrons. The topological polar surface area (TPSA) is 94.2 Å². The van der Waals surface area contributed by atoms with Crippen molar-refractivity contribution in [2.24, 2.45) is 0 Å². The van der Waals surface area contributed by atoms with Gasteiger partial charge < -0.3 is 24.4 Å². The number of ether oxygens (including phenoxy) is 3. The first-order chi connectivity index (χ1) is 14.5. The molecule has 0 aromatic heterocycles. The van der Waals surface area contributed by atoms with Gasteiger partial charge in [-0.3, -0.25) is 9.59 Å². The molecule has 8 heteroatoms. The molecule has 1 atom stereocenters. The third-order valence-electron chi connectivity index (χ3n) is 5.04.